The van der Waals surface area contributed by atoms with E-state index in [1.807, 2.05) is 42.5 Å². The number of hydrogen-bond acceptors (Lipinski definition) is 7. The number of rotatable bonds is 7. The van der Waals surface area contributed by atoms with E-state index < -0.39 is 11.9 Å². The second-order valence-electron chi connectivity index (χ2n) is 7.11. The number of benzene rings is 3. The Bertz CT molecular complexity index is 1310. The summed E-state index contributed by atoms with van der Waals surface area (Å²) in [5.41, 5.74) is 1.42. The van der Waals surface area contributed by atoms with E-state index in [9.17, 15) is 14.7 Å². The van der Waals surface area contributed by atoms with E-state index in [0.717, 1.165) is 10.8 Å². The number of pyridine rings is 1. The number of amides is 1. The lowest BCUT2D eigenvalue weighted by molar-refractivity contribution is 0.0601. The van der Waals surface area contributed by atoms with Crippen LogP contribution in [0.2, 0.25) is 0 Å². The Hall–Kier alpha value is -4.59. The van der Waals surface area contributed by atoms with Crippen LogP contribution in [-0.2, 0) is 4.74 Å². The highest BCUT2D eigenvalue weighted by Gasteiger charge is 2.19. The first kappa shape index (κ1) is 21.6. The Morgan fingerprint density at radius 1 is 0.939 bits per heavy atom. The van der Waals surface area contributed by atoms with Crippen molar-refractivity contribution in [3.05, 3.63) is 90.1 Å². The summed E-state index contributed by atoms with van der Waals surface area (Å²) in [4.78, 5) is 29.0. The lowest BCUT2D eigenvalue weighted by atomic mass is 10.0. The number of nitrogens with zero attached hydrogens (tertiary/aromatic N) is 1. The summed E-state index contributed by atoms with van der Waals surface area (Å²) in [5.74, 6) is -0.798. The van der Waals surface area contributed by atoms with Gasteiger partial charge in [0.15, 0.2) is 5.75 Å². The molecule has 0 saturated carbocycles. The zero-order valence-corrected chi connectivity index (χ0v) is 17.8. The van der Waals surface area contributed by atoms with Crippen molar-refractivity contribution in [1.29, 1.82) is 0 Å². The Labute approximate surface area is 190 Å². The van der Waals surface area contributed by atoms with E-state index in [4.69, 9.17) is 4.74 Å². The molecular formula is C25H22N4O4. The SMILES string of the molecule is COC(=O)c1cccnc1NCNc1c(O)c(C(=O)Nc2ccccc2)cc2ccccc12. The molecule has 33 heavy (non-hydrogen) atoms. The number of carbonyl (C=O) groups is 2. The summed E-state index contributed by atoms with van der Waals surface area (Å²) >= 11 is 0. The molecule has 166 valence electrons. The lowest BCUT2D eigenvalue weighted by Gasteiger charge is -2.17. The fraction of sp³-hybridized carbons (Fsp3) is 0.0800. The molecule has 4 aromatic rings. The second-order valence-corrected chi connectivity index (χ2v) is 7.11. The summed E-state index contributed by atoms with van der Waals surface area (Å²) in [6, 6.07) is 21.3. The van der Waals surface area contributed by atoms with Crippen molar-refractivity contribution < 1.29 is 19.4 Å². The maximum atomic E-state index is 12.9. The normalized spacial score (nSPS) is 10.5. The van der Waals surface area contributed by atoms with Crippen molar-refractivity contribution in [2.75, 3.05) is 29.7 Å². The van der Waals surface area contributed by atoms with Gasteiger partial charge in [0.05, 0.1) is 25.0 Å². The average molecular weight is 442 g/mol. The largest absolute Gasteiger partial charge is 0.505 e. The van der Waals surface area contributed by atoms with Gasteiger partial charge < -0.3 is 25.8 Å². The van der Waals surface area contributed by atoms with Crippen LogP contribution in [0.3, 0.4) is 0 Å². The van der Waals surface area contributed by atoms with Gasteiger partial charge in [-0.25, -0.2) is 9.78 Å². The molecule has 0 aliphatic carbocycles. The first-order chi connectivity index (χ1) is 16.1. The number of carbonyl (C=O) groups excluding carboxylic acids is 2. The van der Waals surface area contributed by atoms with E-state index >= 15 is 0 Å². The van der Waals surface area contributed by atoms with Crippen LogP contribution in [0.1, 0.15) is 20.7 Å². The molecular weight excluding hydrogens is 420 g/mol. The summed E-state index contributed by atoms with van der Waals surface area (Å²) < 4.78 is 4.79. The highest BCUT2D eigenvalue weighted by molar-refractivity contribution is 6.12. The topological polar surface area (TPSA) is 113 Å². The molecule has 0 saturated heterocycles. The molecule has 0 aliphatic rings. The summed E-state index contributed by atoms with van der Waals surface area (Å²) in [5, 5.41) is 21.4. The van der Waals surface area contributed by atoms with Crippen molar-refractivity contribution in [2.24, 2.45) is 0 Å². The standard InChI is InChI=1S/C25H22N4O4/c1-33-25(32)19-12-7-13-26-23(19)28-15-27-21-18-11-6-5-8-16(18)14-20(22(21)30)24(31)29-17-9-3-2-4-10-17/h2-14,27,30H,15H2,1H3,(H,26,28)(H,29,31). The average Bonchev–Trinajstić information content (AvgIpc) is 2.85. The molecule has 8 nitrogen and oxygen atoms in total. The fourth-order valence-electron chi connectivity index (χ4n) is 3.45. The van der Waals surface area contributed by atoms with Crippen LogP contribution in [0.15, 0.2) is 79.0 Å². The van der Waals surface area contributed by atoms with Gasteiger partial charge in [-0.1, -0.05) is 42.5 Å². The lowest BCUT2D eigenvalue weighted by Crippen LogP contribution is -2.17. The number of phenolic OH excluding ortho intramolecular Hbond substituents is 1. The van der Waals surface area contributed by atoms with E-state index in [-0.39, 0.29) is 23.5 Å². The summed E-state index contributed by atoms with van der Waals surface area (Å²) in [7, 11) is 1.30. The first-order valence-electron chi connectivity index (χ1n) is 10.2. The number of aromatic hydroxyl groups is 1. The van der Waals surface area contributed by atoms with Crippen LogP contribution in [0, 0.1) is 0 Å². The van der Waals surface area contributed by atoms with Gasteiger partial charge in [0.25, 0.3) is 5.91 Å². The number of fused-ring (bicyclic) bond motifs is 1. The Morgan fingerprint density at radius 2 is 1.70 bits per heavy atom. The van der Waals surface area contributed by atoms with Crippen molar-refractivity contribution in [2.45, 2.75) is 0 Å². The minimum atomic E-state index is -0.515. The molecule has 0 unspecified atom stereocenters. The van der Waals surface area contributed by atoms with Crippen LogP contribution < -0.4 is 16.0 Å². The summed E-state index contributed by atoms with van der Waals surface area (Å²) in [6.45, 7) is 0.127. The van der Waals surface area contributed by atoms with Gasteiger partial charge >= 0.3 is 5.97 Å². The fourth-order valence-corrected chi connectivity index (χ4v) is 3.45. The van der Waals surface area contributed by atoms with Gasteiger partial charge in [-0.2, -0.15) is 0 Å². The zero-order valence-electron chi connectivity index (χ0n) is 17.8. The van der Waals surface area contributed by atoms with E-state index in [2.05, 4.69) is 20.9 Å². The third kappa shape index (κ3) is 4.69. The predicted molar refractivity (Wildman–Crippen MR) is 128 cm³/mol. The minimum absolute atomic E-state index is 0.127. The molecule has 1 amide bonds. The van der Waals surface area contributed by atoms with Crippen LogP contribution in [0.5, 0.6) is 5.75 Å². The van der Waals surface area contributed by atoms with Crippen molar-refractivity contribution >= 4 is 39.8 Å². The second kappa shape index (κ2) is 9.69. The highest BCUT2D eigenvalue weighted by atomic mass is 16.5. The van der Waals surface area contributed by atoms with E-state index in [1.54, 1.807) is 36.5 Å². The quantitative estimate of drug-likeness (QED) is 0.190. The number of esters is 1. The Balaban J connectivity index is 1.62. The molecule has 0 radical (unpaired) electrons. The molecule has 1 aromatic heterocycles. The highest BCUT2D eigenvalue weighted by Crippen LogP contribution is 2.36. The number of para-hydroxylation sites is 1. The van der Waals surface area contributed by atoms with Gasteiger partial charge in [-0.15, -0.1) is 0 Å². The maximum Gasteiger partial charge on any atom is 0.341 e. The molecule has 4 N–H and O–H groups in total. The van der Waals surface area contributed by atoms with Crippen LogP contribution in [-0.4, -0.2) is 35.7 Å². The minimum Gasteiger partial charge on any atom is -0.505 e. The smallest absolute Gasteiger partial charge is 0.341 e. The molecule has 0 spiro atoms. The van der Waals surface area contributed by atoms with Crippen molar-refractivity contribution in [3.8, 4) is 5.75 Å². The molecule has 0 fully saturated rings. The molecule has 1 heterocycles. The Kier molecular flexibility index (Phi) is 6.36. The molecule has 8 heteroatoms. The van der Waals surface area contributed by atoms with Gasteiger partial charge in [-0.05, 0) is 35.7 Å². The number of aromatic nitrogens is 1. The molecule has 0 aliphatic heterocycles. The van der Waals surface area contributed by atoms with Gasteiger partial charge in [0.2, 0.25) is 0 Å². The molecule has 4 rings (SSSR count). The molecule has 0 bridgehead atoms. The number of phenols is 1. The van der Waals surface area contributed by atoms with Crippen LogP contribution >= 0.6 is 0 Å². The number of hydrogen-bond donors (Lipinski definition) is 4. The predicted octanol–water partition coefficient (Wildman–Crippen LogP) is 4.46. The van der Waals surface area contributed by atoms with Gasteiger partial charge in [-0.3, -0.25) is 4.79 Å². The van der Waals surface area contributed by atoms with Gasteiger partial charge in [0, 0.05) is 17.3 Å². The number of nitrogens with one attached hydrogen (secondary N) is 3. The zero-order chi connectivity index (χ0) is 23.2. The van der Waals surface area contributed by atoms with Crippen molar-refractivity contribution in [3.63, 3.8) is 0 Å². The monoisotopic (exact) mass is 442 g/mol. The number of ether oxygens (including phenoxy) is 1. The maximum absolute atomic E-state index is 12.9. The van der Waals surface area contributed by atoms with E-state index in [0.29, 0.717) is 17.2 Å². The number of methoxy groups -OCH3 is 1. The third-order valence-corrected chi connectivity index (χ3v) is 5.03. The van der Waals surface area contributed by atoms with Crippen molar-refractivity contribution in [1.82, 2.24) is 4.98 Å². The molecule has 3 aromatic carbocycles. The van der Waals surface area contributed by atoms with E-state index in [1.165, 1.54) is 7.11 Å². The summed E-state index contributed by atoms with van der Waals surface area (Å²) in [6.07, 6.45) is 1.55. The Morgan fingerprint density at radius 3 is 2.48 bits per heavy atom. The first-order valence-corrected chi connectivity index (χ1v) is 10.2. The van der Waals surface area contributed by atoms with Crippen LogP contribution in [0.4, 0.5) is 17.2 Å². The molecule has 0 atom stereocenters. The number of anilines is 3. The van der Waals surface area contributed by atoms with Gasteiger partial charge in [0.1, 0.15) is 11.4 Å². The van der Waals surface area contributed by atoms with Crippen LogP contribution in [0.25, 0.3) is 10.8 Å². The third-order valence-electron chi connectivity index (χ3n) is 5.03.